The molecule has 2 saturated heterocycles. The van der Waals surface area contributed by atoms with Gasteiger partial charge in [-0.3, -0.25) is 9.69 Å². The second-order valence-electron chi connectivity index (χ2n) is 8.17. The molecule has 1 spiro atoms. The first-order chi connectivity index (χ1) is 12.6. The number of nitrogens with zero attached hydrogens (tertiary/aromatic N) is 1. The van der Waals surface area contributed by atoms with E-state index in [-0.39, 0.29) is 17.6 Å². The van der Waals surface area contributed by atoms with Crippen molar-refractivity contribution in [3.8, 4) is 0 Å². The van der Waals surface area contributed by atoms with E-state index in [9.17, 15) is 4.79 Å². The average molecular weight is 377 g/mol. The van der Waals surface area contributed by atoms with Crippen LogP contribution >= 0.6 is 11.6 Å². The largest absolute Gasteiger partial charge is 0.375 e. The molecule has 1 aromatic rings. The topological polar surface area (TPSA) is 41.6 Å². The van der Waals surface area contributed by atoms with Crippen LogP contribution in [-0.2, 0) is 16.0 Å². The van der Waals surface area contributed by atoms with Gasteiger partial charge in [-0.15, -0.1) is 0 Å². The van der Waals surface area contributed by atoms with Gasteiger partial charge < -0.3 is 10.1 Å². The molecule has 0 aromatic heterocycles. The molecule has 2 aliphatic heterocycles. The van der Waals surface area contributed by atoms with Gasteiger partial charge in [0.25, 0.3) is 0 Å². The number of benzene rings is 1. The first-order valence-electron chi connectivity index (χ1n) is 10.1. The van der Waals surface area contributed by atoms with Crippen LogP contribution in [0.5, 0.6) is 0 Å². The van der Waals surface area contributed by atoms with E-state index in [2.05, 4.69) is 10.2 Å². The Kier molecular flexibility index (Phi) is 5.53. The van der Waals surface area contributed by atoms with Crippen molar-refractivity contribution in [3.63, 3.8) is 0 Å². The molecule has 5 heteroatoms. The minimum Gasteiger partial charge on any atom is -0.375 e. The molecular weight excluding hydrogens is 348 g/mol. The number of nitrogens with one attached hydrogen (secondary N) is 1. The van der Waals surface area contributed by atoms with Crippen molar-refractivity contribution in [2.75, 3.05) is 19.7 Å². The number of hydrogen-bond donors (Lipinski definition) is 1. The molecule has 142 valence electrons. The summed E-state index contributed by atoms with van der Waals surface area (Å²) in [6, 6.07) is 8.23. The zero-order valence-electron chi connectivity index (χ0n) is 15.4. The fraction of sp³-hybridized carbons (Fsp3) is 0.667. The van der Waals surface area contributed by atoms with E-state index in [1.165, 1.54) is 25.7 Å². The summed E-state index contributed by atoms with van der Waals surface area (Å²) in [7, 11) is 0. The molecule has 3 fully saturated rings. The molecule has 4 rings (SSSR count). The van der Waals surface area contributed by atoms with Gasteiger partial charge in [-0.1, -0.05) is 23.7 Å². The SMILES string of the molecule is O=C(Cc1cccc(Cl)c1)NC1CCC2(CCCO2)CC1N1CCCC1. The molecule has 4 nitrogen and oxygen atoms in total. The third-order valence-corrected chi connectivity index (χ3v) is 6.59. The van der Waals surface area contributed by atoms with Crippen LogP contribution in [0.1, 0.15) is 50.5 Å². The lowest BCUT2D eigenvalue weighted by molar-refractivity contribution is -0.123. The molecule has 2 heterocycles. The highest BCUT2D eigenvalue weighted by molar-refractivity contribution is 6.30. The standard InChI is InChI=1S/C21H29ClN2O2/c22-17-6-3-5-16(13-17)14-20(25)23-18-7-9-21(8-4-12-26-21)15-19(18)24-10-1-2-11-24/h3,5-6,13,18-19H,1-2,4,7-12,14-15H2,(H,23,25). The zero-order chi connectivity index (χ0) is 18.0. The lowest BCUT2D eigenvalue weighted by Crippen LogP contribution is -2.58. The van der Waals surface area contributed by atoms with E-state index < -0.39 is 0 Å². The van der Waals surface area contributed by atoms with Crippen molar-refractivity contribution < 1.29 is 9.53 Å². The van der Waals surface area contributed by atoms with E-state index >= 15 is 0 Å². The normalized spacial score (nSPS) is 32.2. The van der Waals surface area contributed by atoms with Gasteiger partial charge in [0.1, 0.15) is 0 Å². The number of rotatable bonds is 4. The molecule has 1 saturated carbocycles. The van der Waals surface area contributed by atoms with Gasteiger partial charge in [0.05, 0.1) is 12.0 Å². The average Bonchev–Trinajstić information content (AvgIpc) is 3.29. The van der Waals surface area contributed by atoms with Crippen molar-refractivity contribution in [2.24, 2.45) is 0 Å². The molecular formula is C21H29ClN2O2. The molecule has 1 amide bonds. The molecule has 1 aromatic carbocycles. The Balaban J connectivity index is 1.42. The fourth-order valence-electron chi connectivity index (χ4n) is 5.07. The molecule has 0 radical (unpaired) electrons. The number of likely N-dealkylation sites (tertiary alicyclic amines) is 1. The highest BCUT2D eigenvalue weighted by Gasteiger charge is 2.46. The second kappa shape index (κ2) is 7.87. The molecule has 3 aliphatic rings. The van der Waals surface area contributed by atoms with Crippen LogP contribution in [-0.4, -0.2) is 48.2 Å². The number of ether oxygens (including phenoxy) is 1. The number of halogens is 1. The second-order valence-corrected chi connectivity index (χ2v) is 8.61. The predicted octanol–water partition coefficient (Wildman–Crippen LogP) is 3.56. The third-order valence-electron chi connectivity index (χ3n) is 6.35. The summed E-state index contributed by atoms with van der Waals surface area (Å²) >= 11 is 6.05. The zero-order valence-corrected chi connectivity index (χ0v) is 16.1. The van der Waals surface area contributed by atoms with Crippen LogP contribution in [0.3, 0.4) is 0 Å². The minimum absolute atomic E-state index is 0.0709. The van der Waals surface area contributed by atoms with Crippen molar-refractivity contribution >= 4 is 17.5 Å². The van der Waals surface area contributed by atoms with E-state index in [1.807, 2.05) is 24.3 Å². The van der Waals surface area contributed by atoms with E-state index in [1.54, 1.807) is 0 Å². The Hall–Kier alpha value is -1.10. The van der Waals surface area contributed by atoms with E-state index in [0.29, 0.717) is 17.5 Å². The molecule has 26 heavy (non-hydrogen) atoms. The Morgan fingerprint density at radius 3 is 2.85 bits per heavy atom. The number of hydrogen-bond acceptors (Lipinski definition) is 3. The maximum absolute atomic E-state index is 12.7. The summed E-state index contributed by atoms with van der Waals surface area (Å²) in [5.74, 6) is 0.102. The van der Waals surface area contributed by atoms with Crippen molar-refractivity contribution in [1.82, 2.24) is 10.2 Å². The maximum atomic E-state index is 12.7. The van der Waals surface area contributed by atoms with Gasteiger partial charge in [0.15, 0.2) is 0 Å². The van der Waals surface area contributed by atoms with Crippen molar-refractivity contribution in [3.05, 3.63) is 34.9 Å². The number of carbonyl (C=O) groups is 1. The van der Waals surface area contributed by atoms with Crippen molar-refractivity contribution in [1.29, 1.82) is 0 Å². The molecule has 3 atom stereocenters. The first-order valence-corrected chi connectivity index (χ1v) is 10.4. The summed E-state index contributed by atoms with van der Waals surface area (Å²) < 4.78 is 6.18. The molecule has 3 unspecified atom stereocenters. The van der Waals surface area contributed by atoms with Gasteiger partial charge in [-0.05, 0) is 75.7 Å². The lowest BCUT2D eigenvalue weighted by atomic mass is 9.76. The third kappa shape index (κ3) is 4.08. The summed E-state index contributed by atoms with van der Waals surface area (Å²) in [4.78, 5) is 15.3. The highest BCUT2D eigenvalue weighted by Crippen LogP contribution is 2.41. The van der Waals surface area contributed by atoms with Crippen molar-refractivity contribution in [2.45, 2.75) is 69.1 Å². The molecule has 1 N–H and O–H groups in total. The van der Waals surface area contributed by atoms with Crippen LogP contribution < -0.4 is 5.32 Å². The number of amides is 1. The van der Waals surface area contributed by atoms with Gasteiger partial charge >= 0.3 is 0 Å². The molecule has 1 aliphatic carbocycles. The molecule has 0 bridgehead atoms. The first kappa shape index (κ1) is 18.3. The Morgan fingerprint density at radius 2 is 2.12 bits per heavy atom. The van der Waals surface area contributed by atoms with Crippen LogP contribution in [0.25, 0.3) is 0 Å². The monoisotopic (exact) mass is 376 g/mol. The van der Waals surface area contributed by atoms with Crippen LogP contribution in [0, 0.1) is 0 Å². The number of carbonyl (C=O) groups excluding carboxylic acids is 1. The Morgan fingerprint density at radius 1 is 1.27 bits per heavy atom. The maximum Gasteiger partial charge on any atom is 0.224 e. The van der Waals surface area contributed by atoms with Gasteiger partial charge in [0.2, 0.25) is 5.91 Å². The van der Waals surface area contributed by atoms with E-state index in [0.717, 1.165) is 44.5 Å². The summed E-state index contributed by atoms with van der Waals surface area (Å²) in [6.07, 6.45) is 8.45. The van der Waals surface area contributed by atoms with Gasteiger partial charge in [-0.2, -0.15) is 0 Å². The Bertz CT molecular complexity index is 639. The fourth-order valence-corrected chi connectivity index (χ4v) is 5.28. The van der Waals surface area contributed by atoms with E-state index in [4.69, 9.17) is 16.3 Å². The van der Waals surface area contributed by atoms with Crippen LogP contribution in [0.2, 0.25) is 5.02 Å². The summed E-state index contributed by atoms with van der Waals surface area (Å²) in [5, 5.41) is 4.02. The van der Waals surface area contributed by atoms with Crippen LogP contribution in [0.4, 0.5) is 0 Å². The quantitative estimate of drug-likeness (QED) is 0.873. The predicted molar refractivity (Wildman–Crippen MR) is 103 cm³/mol. The summed E-state index contributed by atoms with van der Waals surface area (Å²) in [6.45, 7) is 3.21. The summed E-state index contributed by atoms with van der Waals surface area (Å²) in [5.41, 5.74) is 1.04. The van der Waals surface area contributed by atoms with Gasteiger partial charge in [-0.25, -0.2) is 0 Å². The lowest BCUT2D eigenvalue weighted by Gasteiger charge is -2.46. The highest BCUT2D eigenvalue weighted by atomic mass is 35.5. The Labute approximate surface area is 161 Å². The van der Waals surface area contributed by atoms with Crippen LogP contribution in [0.15, 0.2) is 24.3 Å². The smallest absolute Gasteiger partial charge is 0.224 e. The van der Waals surface area contributed by atoms with Gasteiger partial charge in [0, 0.05) is 23.7 Å². The minimum atomic E-state index is 0.0709.